The first-order valence-corrected chi connectivity index (χ1v) is 28.2. The first kappa shape index (κ1) is 54.4. The Bertz CT molecular complexity index is 1560. The normalized spacial score (nSPS) is 23.1. The molecule has 18 heteroatoms. The van der Waals surface area contributed by atoms with Gasteiger partial charge in [0.15, 0.2) is 22.4 Å². The molecule has 0 radical (unpaired) electrons. The second kappa shape index (κ2) is 24.4. The van der Waals surface area contributed by atoms with Crippen LogP contribution in [0.1, 0.15) is 92.9 Å². The van der Waals surface area contributed by atoms with Gasteiger partial charge in [0.25, 0.3) is 0 Å². The molecule has 2 aliphatic rings. The molecule has 2 fully saturated rings. The summed E-state index contributed by atoms with van der Waals surface area (Å²) >= 11 is 0. The number of hydrogen-bond acceptors (Lipinski definition) is 12. The van der Waals surface area contributed by atoms with Crippen LogP contribution in [0.2, 0.25) is 38.3 Å². The summed E-state index contributed by atoms with van der Waals surface area (Å²) in [4.78, 5) is 72.9. The third-order valence-electron chi connectivity index (χ3n) is 11.2. The molecule has 0 aliphatic heterocycles. The third kappa shape index (κ3) is 22.6. The van der Waals surface area contributed by atoms with Crippen molar-refractivity contribution in [1.82, 2.24) is 21.3 Å². The molecular formula is C44H78N4O12Si2. The third-order valence-corrected chi connectivity index (χ3v) is 18.6. The summed E-state index contributed by atoms with van der Waals surface area (Å²) in [6.45, 7) is 30.0. The van der Waals surface area contributed by atoms with Crippen molar-refractivity contribution >= 4 is 52.6 Å². The molecule has 4 unspecified atom stereocenters. The number of allylic oxidation sites excluding steroid dienone is 1. The van der Waals surface area contributed by atoms with E-state index in [1.165, 1.54) is 0 Å². The van der Waals surface area contributed by atoms with Crippen LogP contribution in [0, 0.1) is 21.7 Å². The van der Waals surface area contributed by atoms with Gasteiger partial charge in [-0.05, 0) is 111 Å². The zero-order valence-corrected chi connectivity index (χ0v) is 41.4. The fraction of sp³-hybridized carbons (Fsp3) is 0.773. The van der Waals surface area contributed by atoms with E-state index in [0.29, 0.717) is 38.6 Å². The van der Waals surface area contributed by atoms with Crippen molar-refractivity contribution in [2.24, 2.45) is 21.7 Å². The Balaban J connectivity index is 1.64. The molecule has 0 aromatic rings. The van der Waals surface area contributed by atoms with Crippen LogP contribution in [0.4, 0.5) is 14.4 Å². The topological polar surface area (TPSA) is 206 Å². The van der Waals surface area contributed by atoms with E-state index >= 15 is 0 Å². The number of carbonyl (C=O) groups is 6. The maximum atomic E-state index is 12.7. The minimum atomic E-state index is -2.14. The first-order chi connectivity index (χ1) is 28.7. The second-order valence-electron chi connectivity index (χ2n) is 20.6. The minimum absolute atomic E-state index is 0.0568. The average Bonchev–Trinajstić information content (AvgIpc) is 3.12. The number of alkyl carbamates (subject to hydrolysis) is 3. The van der Waals surface area contributed by atoms with Crippen LogP contribution in [-0.4, -0.2) is 117 Å². The lowest BCUT2D eigenvalue weighted by molar-refractivity contribution is -0.138. The SMILES string of the molecule is C=CC(=O)CC(=O)NC1CC(C)(C)CC(C)(CNC(=O)OCC[Si](C)(C)O[Si](C)(C)CCCOCCOC(=O)NCC2(C)CC(NC(=O)OCCOC(=O)C=C)CC(C)(C)C2)C1. The molecule has 4 atom stereocenters. The van der Waals surface area contributed by atoms with Crippen LogP contribution in [0.25, 0.3) is 0 Å². The molecule has 2 saturated carbocycles. The van der Waals surface area contributed by atoms with Crippen molar-refractivity contribution in [2.75, 3.05) is 52.7 Å². The van der Waals surface area contributed by atoms with Crippen molar-refractivity contribution in [2.45, 2.75) is 143 Å². The van der Waals surface area contributed by atoms with Crippen molar-refractivity contribution in [1.29, 1.82) is 0 Å². The molecule has 2 rings (SSSR count). The van der Waals surface area contributed by atoms with Gasteiger partial charge in [-0.15, -0.1) is 0 Å². The lowest BCUT2D eigenvalue weighted by Gasteiger charge is -2.46. The zero-order valence-electron chi connectivity index (χ0n) is 39.4. The van der Waals surface area contributed by atoms with Crippen molar-refractivity contribution in [3.63, 3.8) is 0 Å². The maximum absolute atomic E-state index is 12.7. The summed E-state index contributed by atoms with van der Waals surface area (Å²) < 4.78 is 33.4. The molecule has 16 nitrogen and oxygen atoms in total. The lowest BCUT2D eigenvalue weighted by atomic mass is 9.62. The van der Waals surface area contributed by atoms with Crippen LogP contribution in [0.15, 0.2) is 25.3 Å². The number of ketones is 1. The van der Waals surface area contributed by atoms with Crippen molar-refractivity contribution < 1.29 is 56.6 Å². The molecule has 0 spiro atoms. The highest BCUT2D eigenvalue weighted by Gasteiger charge is 2.43. The number of carbonyl (C=O) groups excluding carboxylic acids is 6. The zero-order chi connectivity index (χ0) is 46.8. The van der Waals surface area contributed by atoms with Crippen molar-refractivity contribution in [3.05, 3.63) is 25.3 Å². The van der Waals surface area contributed by atoms with Crippen LogP contribution < -0.4 is 21.3 Å². The largest absolute Gasteiger partial charge is 0.459 e. The smallest absolute Gasteiger partial charge is 0.407 e. The molecular weight excluding hydrogens is 833 g/mol. The number of ether oxygens (including phenoxy) is 5. The predicted molar refractivity (Wildman–Crippen MR) is 242 cm³/mol. The predicted octanol–water partition coefficient (Wildman–Crippen LogP) is 7.16. The fourth-order valence-corrected chi connectivity index (χ4v) is 18.0. The minimum Gasteiger partial charge on any atom is -0.459 e. The Labute approximate surface area is 372 Å². The van der Waals surface area contributed by atoms with E-state index in [1.807, 2.05) is 0 Å². The van der Waals surface area contributed by atoms with Gasteiger partial charge in [-0.25, -0.2) is 19.2 Å². The summed E-state index contributed by atoms with van der Waals surface area (Å²) in [5.41, 5.74) is -0.694. The number of hydrogen-bond donors (Lipinski definition) is 4. The fourth-order valence-electron chi connectivity index (χ4n) is 9.60. The van der Waals surface area contributed by atoms with Gasteiger partial charge in [-0.3, -0.25) is 9.59 Å². The number of nitrogens with one attached hydrogen (secondary N) is 4. The van der Waals surface area contributed by atoms with Gasteiger partial charge in [0.2, 0.25) is 5.91 Å². The van der Waals surface area contributed by atoms with E-state index in [2.05, 4.69) is 102 Å². The van der Waals surface area contributed by atoms with Gasteiger partial charge in [0.05, 0.1) is 19.6 Å². The van der Waals surface area contributed by atoms with Gasteiger partial charge in [0, 0.05) is 37.9 Å². The van der Waals surface area contributed by atoms with E-state index < -0.39 is 40.9 Å². The highest BCUT2D eigenvalue weighted by Crippen LogP contribution is 2.47. The highest BCUT2D eigenvalue weighted by atomic mass is 28.4. The first-order valence-electron chi connectivity index (χ1n) is 21.9. The standard InChI is InChI=1S/C44H78N4O12Si2/c1-13-35(49)24-36(50)47-33-25-41(3,4)29-43(7,27-33)31-46-39(53)59-21-23-62(11,12)60-61(9,10)22-15-16-55-17-18-57-38(52)45-32-44(8)28-34(26-42(5,6)30-44)48-40(54)58-20-19-56-37(51)14-2/h13-14,33-34H,1-2,15-32H2,3-12H3,(H,45,52)(H,46,53)(H,47,50)(H,48,54). The lowest BCUT2D eigenvalue weighted by Crippen LogP contribution is -2.50. The number of rotatable bonds is 25. The number of amides is 4. The molecule has 0 aromatic carbocycles. The van der Waals surface area contributed by atoms with Crippen molar-refractivity contribution in [3.8, 4) is 0 Å². The molecule has 0 aromatic heterocycles. The van der Waals surface area contributed by atoms with E-state index in [-0.39, 0.29) is 84.9 Å². The summed E-state index contributed by atoms with van der Waals surface area (Å²) in [6.07, 6.45) is 5.79. The van der Waals surface area contributed by atoms with Gasteiger partial charge in [0.1, 0.15) is 19.8 Å². The van der Waals surface area contributed by atoms with E-state index in [1.54, 1.807) is 0 Å². The Kier molecular flexibility index (Phi) is 21.4. The summed E-state index contributed by atoms with van der Waals surface area (Å²) in [5.74, 6) is -1.21. The summed E-state index contributed by atoms with van der Waals surface area (Å²) in [7, 11) is -4.18. The average molecular weight is 911 g/mol. The summed E-state index contributed by atoms with van der Waals surface area (Å²) in [5, 5.41) is 11.8. The Morgan fingerprint density at radius 2 is 1.08 bits per heavy atom. The van der Waals surface area contributed by atoms with Gasteiger partial charge in [-0.2, -0.15) is 0 Å². The molecule has 354 valence electrons. The van der Waals surface area contributed by atoms with Gasteiger partial charge >= 0.3 is 24.2 Å². The van der Waals surface area contributed by atoms with Crippen LogP contribution >= 0.6 is 0 Å². The quantitative estimate of drug-likeness (QED) is 0.0180. The molecule has 0 heterocycles. The van der Waals surface area contributed by atoms with Crippen LogP contribution in [-0.2, 0) is 42.2 Å². The second-order valence-corrected chi connectivity index (χ2v) is 29.5. The molecule has 4 amide bonds. The van der Waals surface area contributed by atoms with Crippen LogP contribution in [0.5, 0.6) is 0 Å². The molecule has 0 bridgehead atoms. The number of esters is 1. The highest BCUT2D eigenvalue weighted by molar-refractivity contribution is 6.84. The maximum Gasteiger partial charge on any atom is 0.407 e. The van der Waals surface area contributed by atoms with E-state index in [9.17, 15) is 28.8 Å². The van der Waals surface area contributed by atoms with Crippen LogP contribution in [0.3, 0.4) is 0 Å². The molecule has 62 heavy (non-hydrogen) atoms. The molecule has 4 N–H and O–H groups in total. The molecule has 0 saturated heterocycles. The van der Waals surface area contributed by atoms with Gasteiger partial charge < -0.3 is 49.1 Å². The van der Waals surface area contributed by atoms with Gasteiger partial charge in [-0.1, -0.05) is 54.7 Å². The van der Waals surface area contributed by atoms with E-state index in [0.717, 1.165) is 50.3 Å². The Morgan fingerprint density at radius 3 is 1.63 bits per heavy atom. The molecule has 2 aliphatic carbocycles. The van der Waals surface area contributed by atoms with E-state index in [4.69, 9.17) is 27.8 Å². The Hall–Kier alpha value is -3.75. The Morgan fingerprint density at radius 1 is 0.597 bits per heavy atom. The monoisotopic (exact) mass is 911 g/mol. The summed E-state index contributed by atoms with van der Waals surface area (Å²) in [6, 6.07) is 1.29.